The summed E-state index contributed by atoms with van der Waals surface area (Å²) >= 11 is 1.16. The maximum atomic E-state index is 14.3. The van der Waals surface area contributed by atoms with E-state index >= 15 is 0 Å². The number of hydrogen-bond acceptors (Lipinski definition) is 3. The minimum atomic E-state index is -4.95. The van der Waals surface area contributed by atoms with E-state index in [0.29, 0.717) is 10.9 Å². The maximum Gasteiger partial charge on any atom is 0.417 e. The average molecular weight is 486 g/mol. The van der Waals surface area contributed by atoms with Gasteiger partial charge in [-0.1, -0.05) is 30.3 Å². The van der Waals surface area contributed by atoms with Crippen molar-refractivity contribution in [2.24, 2.45) is 0 Å². The highest BCUT2D eigenvalue weighted by atomic mass is 32.1. The van der Waals surface area contributed by atoms with Crippen molar-refractivity contribution in [3.8, 4) is 27.1 Å². The Morgan fingerprint density at radius 3 is 2.35 bits per heavy atom. The molecule has 0 aliphatic heterocycles. The number of rotatable bonds is 4. The molecular formula is C25H15F5N2OS. The third kappa shape index (κ3) is 4.37. The van der Waals surface area contributed by atoms with Gasteiger partial charge < -0.3 is 4.57 Å². The molecular weight excluding hydrogens is 471 g/mol. The standard InChI is InChI=1S/C25H15F5N2OS/c1-14-4-2-3-5-17(14)22-8-9-23(34-22)21-11-19(25(28,29)30)18(12-31)24(33)32(21)13-15-6-7-16(26)10-20(15)27/h2-11H,13H2,1H3. The van der Waals surface area contributed by atoms with E-state index in [-0.39, 0.29) is 11.3 Å². The van der Waals surface area contributed by atoms with Crippen molar-refractivity contribution in [2.45, 2.75) is 19.6 Å². The van der Waals surface area contributed by atoms with Crippen LogP contribution in [0.1, 0.15) is 22.3 Å². The van der Waals surface area contributed by atoms with E-state index in [1.807, 2.05) is 31.2 Å². The molecule has 2 aromatic carbocycles. The topological polar surface area (TPSA) is 45.8 Å². The lowest BCUT2D eigenvalue weighted by Gasteiger charge is -2.17. The second-order valence-electron chi connectivity index (χ2n) is 7.53. The van der Waals surface area contributed by atoms with Crippen molar-refractivity contribution in [1.82, 2.24) is 4.57 Å². The molecule has 0 aliphatic rings. The van der Waals surface area contributed by atoms with E-state index in [9.17, 15) is 32.0 Å². The zero-order chi connectivity index (χ0) is 24.6. The molecule has 0 bridgehead atoms. The summed E-state index contributed by atoms with van der Waals surface area (Å²) in [7, 11) is 0. The third-order valence-electron chi connectivity index (χ3n) is 5.33. The molecule has 3 nitrogen and oxygen atoms in total. The number of aromatic nitrogens is 1. The Bertz CT molecular complexity index is 1490. The first-order valence-electron chi connectivity index (χ1n) is 9.95. The molecule has 0 saturated heterocycles. The van der Waals surface area contributed by atoms with E-state index in [1.54, 1.807) is 12.1 Å². The van der Waals surface area contributed by atoms with Gasteiger partial charge in [-0.25, -0.2) is 8.78 Å². The van der Waals surface area contributed by atoms with E-state index in [0.717, 1.165) is 50.1 Å². The van der Waals surface area contributed by atoms with Gasteiger partial charge >= 0.3 is 6.18 Å². The zero-order valence-corrected chi connectivity index (χ0v) is 18.4. The Balaban J connectivity index is 1.95. The molecule has 0 spiro atoms. The van der Waals surface area contributed by atoms with Gasteiger partial charge in [-0.15, -0.1) is 11.3 Å². The molecule has 0 saturated carbocycles. The van der Waals surface area contributed by atoms with E-state index in [4.69, 9.17) is 0 Å². The summed E-state index contributed by atoms with van der Waals surface area (Å²) in [5.74, 6) is -1.79. The third-order valence-corrected chi connectivity index (χ3v) is 6.47. The van der Waals surface area contributed by atoms with Gasteiger partial charge in [-0.2, -0.15) is 18.4 Å². The number of pyridine rings is 1. The monoisotopic (exact) mass is 486 g/mol. The molecule has 2 aromatic heterocycles. The molecule has 172 valence electrons. The quantitative estimate of drug-likeness (QED) is 0.299. The fourth-order valence-electron chi connectivity index (χ4n) is 3.63. The number of alkyl halides is 3. The van der Waals surface area contributed by atoms with Gasteiger partial charge in [-0.05, 0) is 42.3 Å². The van der Waals surface area contributed by atoms with Crippen molar-refractivity contribution in [2.75, 3.05) is 0 Å². The summed E-state index contributed by atoms with van der Waals surface area (Å²) < 4.78 is 69.7. The molecule has 0 fully saturated rings. The van der Waals surface area contributed by atoms with Crippen molar-refractivity contribution < 1.29 is 22.0 Å². The minimum Gasteiger partial charge on any atom is -0.302 e. The van der Waals surface area contributed by atoms with Crippen LogP contribution in [0.25, 0.3) is 21.0 Å². The van der Waals surface area contributed by atoms with Gasteiger partial charge in [0.25, 0.3) is 5.56 Å². The summed E-state index contributed by atoms with van der Waals surface area (Å²) in [5.41, 5.74) is -2.05. The van der Waals surface area contributed by atoms with Crippen LogP contribution in [0, 0.1) is 29.9 Å². The zero-order valence-electron chi connectivity index (χ0n) is 17.6. The van der Waals surface area contributed by atoms with Crippen LogP contribution in [0.15, 0.2) is 65.5 Å². The lowest BCUT2D eigenvalue weighted by atomic mass is 10.1. The highest BCUT2D eigenvalue weighted by Gasteiger charge is 2.36. The van der Waals surface area contributed by atoms with Crippen LogP contribution in [0.5, 0.6) is 0 Å². The van der Waals surface area contributed by atoms with Gasteiger partial charge in [0, 0.05) is 16.5 Å². The van der Waals surface area contributed by atoms with Crippen LogP contribution in [-0.4, -0.2) is 4.57 Å². The van der Waals surface area contributed by atoms with Crippen molar-refractivity contribution in [3.63, 3.8) is 0 Å². The molecule has 9 heteroatoms. The summed E-state index contributed by atoms with van der Waals surface area (Å²) in [6, 6.07) is 15.5. The maximum absolute atomic E-state index is 14.3. The highest BCUT2D eigenvalue weighted by Crippen LogP contribution is 2.38. The smallest absolute Gasteiger partial charge is 0.302 e. The summed E-state index contributed by atoms with van der Waals surface area (Å²) in [6.07, 6.45) is -4.95. The van der Waals surface area contributed by atoms with E-state index < -0.39 is 41.0 Å². The molecule has 0 unspecified atom stereocenters. The Morgan fingerprint density at radius 1 is 1.00 bits per heavy atom. The molecule has 0 amide bonds. The van der Waals surface area contributed by atoms with Crippen LogP contribution in [-0.2, 0) is 12.7 Å². The lowest BCUT2D eigenvalue weighted by molar-refractivity contribution is -0.137. The van der Waals surface area contributed by atoms with E-state index in [1.165, 1.54) is 6.07 Å². The van der Waals surface area contributed by atoms with Crippen molar-refractivity contribution in [1.29, 1.82) is 5.26 Å². The van der Waals surface area contributed by atoms with Gasteiger partial charge in [0.05, 0.1) is 22.7 Å². The molecule has 4 rings (SSSR count). The molecule has 2 heterocycles. The van der Waals surface area contributed by atoms with Crippen LogP contribution in [0.3, 0.4) is 0 Å². The minimum absolute atomic E-state index is 0.107. The molecule has 0 aliphatic carbocycles. The lowest BCUT2D eigenvalue weighted by Crippen LogP contribution is -2.28. The number of aryl methyl sites for hydroxylation is 1. The molecule has 0 N–H and O–H groups in total. The highest BCUT2D eigenvalue weighted by molar-refractivity contribution is 7.18. The Hall–Kier alpha value is -3.77. The Labute approximate surface area is 195 Å². The van der Waals surface area contributed by atoms with Crippen molar-refractivity contribution in [3.05, 3.63) is 105 Å². The first-order chi connectivity index (χ1) is 16.1. The van der Waals surface area contributed by atoms with Gasteiger partial charge in [0.1, 0.15) is 23.3 Å². The largest absolute Gasteiger partial charge is 0.417 e. The second-order valence-corrected chi connectivity index (χ2v) is 8.62. The predicted molar refractivity (Wildman–Crippen MR) is 119 cm³/mol. The number of thiophene rings is 1. The summed E-state index contributed by atoms with van der Waals surface area (Å²) in [6.45, 7) is 1.41. The van der Waals surface area contributed by atoms with Crippen LogP contribution in [0.2, 0.25) is 0 Å². The fraction of sp³-hybridized carbons (Fsp3) is 0.120. The number of halogens is 5. The molecule has 0 radical (unpaired) electrons. The van der Waals surface area contributed by atoms with Crippen LogP contribution < -0.4 is 5.56 Å². The second kappa shape index (κ2) is 8.88. The SMILES string of the molecule is Cc1ccccc1-c1ccc(-c2cc(C(F)(F)F)c(C#N)c(=O)n2Cc2ccc(F)cc2F)s1. The normalized spacial score (nSPS) is 11.4. The number of hydrogen-bond donors (Lipinski definition) is 0. The van der Waals surface area contributed by atoms with Crippen LogP contribution >= 0.6 is 11.3 Å². The number of nitriles is 1. The Kier molecular flexibility index (Phi) is 6.11. The Morgan fingerprint density at radius 2 is 1.71 bits per heavy atom. The van der Waals surface area contributed by atoms with E-state index in [2.05, 4.69) is 0 Å². The number of nitrogens with zero attached hydrogens (tertiary/aromatic N) is 2. The molecule has 4 aromatic rings. The van der Waals surface area contributed by atoms with Crippen molar-refractivity contribution >= 4 is 11.3 Å². The van der Waals surface area contributed by atoms with Crippen LogP contribution in [0.4, 0.5) is 22.0 Å². The average Bonchev–Trinajstić information content (AvgIpc) is 3.25. The van der Waals surface area contributed by atoms with Gasteiger partial charge in [0.2, 0.25) is 0 Å². The summed E-state index contributed by atoms with van der Waals surface area (Å²) in [4.78, 5) is 14.1. The fourth-order valence-corrected chi connectivity index (χ4v) is 4.75. The molecule has 0 atom stereocenters. The number of benzene rings is 2. The molecule has 34 heavy (non-hydrogen) atoms. The first kappa shape index (κ1) is 23.4. The van der Waals surface area contributed by atoms with Gasteiger partial charge in [-0.3, -0.25) is 4.79 Å². The summed E-state index contributed by atoms with van der Waals surface area (Å²) in [5, 5.41) is 9.30. The predicted octanol–water partition coefficient (Wildman–Crippen LogP) is 6.77. The first-order valence-corrected chi connectivity index (χ1v) is 10.8. The van der Waals surface area contributed by atoms with Gasteiger partial charge in [0.15, 0.2) is 0 Å².